The molecule has 0 spiro atoms. The van der Waals surface area contributed by atoms with Gasteiger partial charge in [-0.2, -0.15) is 0 Å². The highest BCUT2D eigenvalue weighted by atomic mass is 16.5. The van der Waals surface area contributed by atoms with Crippen molar-refractivity contribution in [3.05, 3.63) is 35.9 Å². The summed E-state index contributed by atoms with van der Waals surface area (Å²) >= 11 is 0. The first-order valence-corrected chi connectivity index (χ1v) is 7.88. The average molecular weight is 288 g/mol. The van der Waals surface area contributed by atoms with E-state index >= 15 is 0 Å². The van der Waals surface area contributed by atoms with Crippen molar-refractivity contribution in [3.63, 3.8) is 0 Å². The summed E-state index contributed by atoms with van der Waals surface area (Å²) in [7, 11) is 0. The highest BCUT2D eigenvalue weighted by Crippen LogP contribution is 2.32. The molecule has 0 saturated carbocycles. The van der Waals surface area contributed by atoms with E-state index in [4.69, 9.17) is 4.74 Å². The van der Waals surface area contributed by atoms with Crippen molar-refractivity contribution in [2.45, 2.75) is 38.5 Å². The molecule has 0 aliphatic carbocycles. The Kier molecular flexibility index (Phi) is 4.27. The summed E-state index contributed by atoms with van der Waals surface area (Å²) in [6.45, 7) is 6.55. The lowest BCUT2D eigenvalue weighted by Gasteiger charge is -2.44. The Labute approximate surface area is 126 Å². The molecule has 1 aromatic rings. The Morgan fingerprint density at radius 2 is 2.05 bits per heavy atom. The zero-order valence-corrected chi connectivity index (χ0v) is 12.8. The van der Waals surface area contributed by atoms with Crippen LogP contribution in [-0.4, -0.2) is 42.6 Å². The molecule has 2 heterocycles. The maximum atomic E-state index is 12.8. The molecule has 2 aliphatic heterocycles. The predicted octanol–water partition coefficient (Wildman–Crippen LogP) is 1.97. The van der Waals surface area contributed by atoms with E-state index in [-0.39, 0.29) is 30.0 Å². The molecule has 3 rings (SSSR count). The molecule has 0 radical (unpaired) electrons. The molecule has 2 aliphatic rings. The molecule has 0 aromatic heterocycles. The van der Waals surface area contributed by atoms with Crippen molar-refractivity contribution in [1.82, 2.24) is 10.2 Å². The minimum absolute atomic E-state index is 0.0271. The maximum absolute atomic E-state index is 12.8. The molecule has 0 bridgehead atoms. The van der Waals surface area contributed by atoms with E-state index in [1.165, 1.54) is 0 Å². The van der Waals surface area contributed by atoms with Crippen LogP contribution in [0.25, 0.3) is 0 Å². The van der Waals surface area contributed by atoms with Gasteiger partial charge in [0.15, 0.2) is 0 Å². The van der Waals surface area contributed by atoms with Gasteiger partial charge in [-0.05, 0) is 32.4 Å². The van der Waals surface area contributed by atoms with Gasteiger partial charge in [-0.15, -0.1) is 0 Å². The lowest BCUT2D eigenvalue weighted by molar-refractivity contribution is -0.156. The van der Waals surface area contributed by atoms with Crippen molar-refractivity contribution < 1.29 is 9.53 Å². The van der Waals surface area contributed by atoms with Gasteiger partial charge in [0.1, 0.15) is 6.10 Å². The molecular weight excluding hydrogens is 264 g/mol. The first kappa shape index (κ1) is 14.5. The van der Waals surface area contributed by atoms with Crippen LogP contribution in [0.1, 0.15) is 31.9 Å². The lowest BCUT2D eigenvalue weighted by Crippen LogP contribution is -2.55. The van der Waals surface area contributed by atoms with Gasteiger partial charge in [-0.25, -0.2) is 0 Å². The molecule has 21 heavy (non-hydrogen) atoms. The molecule has 1 amide bonds. The highest BCUT2D eigenvalue weighted by Gasteiger charge is 2.39. The summed E-state index contributed by atoms with van der Waals surface area (Å²) in [5.74, 6) is 0.411. The van der Waals surface area contributed by atoms with E-state index in [0.29, 0.717) is 6.61 Å². The molecule has 1 aromatic carbocycles. The number of carbonyl (C=O) groups excluding carboxylic acids is 1. The van der Waals surface area contributed by atoms with Gasteiger partial charge in [0.05, 0.1) is 24.6 Å². The summed E-state index contributed by atoms with van der Waals surface area (Å²) in [6.07, 6.45) is 0.923. The Morgan fingerprint density at radius 1 is 1.29 bits per heavy atom. The number of nitrogens with zero attached hydrogens (tertiary/aromatic N) is 1. The smallest absolute Gasteiger partial charge is 0.227 e. The molecule has 4 nitrogen and oxygen atoms in total. The molecule has 114 valence electrons. The quantitative estimate of drug-likeness (QED) is 0.904. The van der Waals surface area contributed by atoms with E-state index in [2.05, 4.69) is 36.2 Å². The first-order chi connectivity index (χ1) is 10.2. The molecule has 4 atom stereocenters. The van der Waals surface area contributed by atoms with E-state index in [0.717, 1.165) is 25.1 Å². The van der Waals surface area contributed by atoms with Crippen LogP contribution in [0.4, 0.5) is 0 Å². The molecule has 1 N–H and O–H groups in total. The van der Waals surface area contributed by atoms with Crippen molar-refractivity contribution in [2.75, 3.05) is 19.7 Å². The van der Waals surface area contributed by atoms with E-state index in [9.17, 15) is 4.79 Å². The van der Waals surface area contributed by atoms with Gasteiger partial charge in [-0.1, -0.05) is 30.3 Å². The molecular formula is C17H24N2O2. The molecule has 2 saturated heterocycles. The summed E-state index contributed by atoms with van der Waals surface area (Å²) in [6, 6.07) is 10.4. The van der Waals surface area contributed by atoms with Crippen LogP contribution >= 0.6 is 0 Å². The van der Waals surface area contributed by atoms with Gasteiger partial charge in [-0.3, -0.25) is 4.79 Å². The van der Waals surface area contributed by atoms with Gasteiger partial charge in [0.2, 0.25) is 5.91 Å². The van der Waals surface area contributed by atoms with Gasteiger partial charge in [0, 0.05) is 6.54 Å². The van der Waals surface area contributed by atoms with Crippen LogP contribution in [-0.2, 0) is 9.53 Å². The Morgan fingerprint density at radius 3 is 2.71 bits per heavy atom. The normalized spacial score (nSPS) is 33.1. The SMILES string of the molecule is C[C@@H]1CO[C@H](c2ccccc2)[C@H](C)N1C(=O)[C@@H]1CCNC1. The molecule has 0 unspecified atom stereocenters. The fraction of sp³-hybridized carbons (Fsp3) is 0.588. The predicted molar refractivity (Wildman–Crippen MR) is 81.9 cm³/mol. The number of hydrogen-bond acceptors (Lipinski definition) is 3. The van der Waals surface area contributed by atoms with Crippen LogP contribution in [0.5, 0.6) is 0 Å². The van der Waals surface area contributed by atoms with E-state index < -0.39 is 0 Å². The minimum atomic E-state index is -0.0271. The van der Waals surface area contributed by atoms with Crippen LogP contribution in [0.3, 0.4) is 0 Å². The second kappa shape index (κ2) is 6.16. The fourth-order valence-corrected chi connectivity index (χ4v) is 3.52. The summed E-state index contributed by atoms with van der Waals surface area (Å²) in [4.78, 5) is 14.9. The van der Waals surface area contributed by atoms with Gasteiger partial charge < -0.3 is 15.0 Å². The number of ether oxygens (including phenoxy) is 1. The van der Waals surface area contributed by atoms with E-state index in [1.54, 1.807) is 0 Å². The Bertz CT molecular complexity index is 485. The lowest BCUT2D eigenvalue weighted by atomic mass is 9.96. The third-order valence-corrected chi connectivity index (χ3v) is 4.66. The number of hydrogen-bond donors (Lipinski definition) is 1. The van der Waals surface area contributed by atoms with Gasteiger partial charge in [0.25, 0.3) is 0 Å². The minimum Gasteiger partial charge on any atom is -0.369 e. The number of rotatable bonds is 2. The zero-order valence-electron chi connectivity index (χ0n) is 12.8. The fourth-order valence-electron chi connectivity index (χ4n) is 3.52. The summed E-state index contributed by atoms with van der Waals surface area (Å²) < 4.78 is 6.02. The number of amides is 1. The first-order valence-electron chi connectivity index (χ1n) is 7.88. The van der Waals surface area contributed by atoms with E-state index in [1.807, 2.05) is 18.2 Å². The maximum Gasteiger partial charge on any atom is 0.227 e. The number of benzene rings is 1. The Hall–Kier alpha value is -1.39. The monoisotopic (exact) mass is 288 g/mol. The highest BCUT2D eigenvalue weighted by molar-refractivity contribution is 5.80. The largest absolute Gasteiger partial charge is 0.369 e. The second-order valence-corrected chi connectivity index (χ2v) is 6.19. The molecule has 4 heteroatoms. The third-order valence-electron chi connectivity index (χ3n) is 4.66. The van der Waals surface area contributed by atoms with Crippen molar-refractivity contribution >= 4 is 5.91 Å². The number of carbonyl (C=O) groups is 1. The van der Waals surface area contributed by atoms with Crippen molar-refractivity contribution in [3.8, 4) is 0 Å². The van der Waals surface area contributed by atoms with Gasteiger partial charge >= 0.3 is 0 Å². The van der Waals surface area contributed by atoms with Crippen molar-refractivity contribution in [2.24, 2.45) is 5.92 Å². The summed E-state index contributed by atoms with van der Waals surface area (Å²) in [5.41, 5.74) is 1.15. The zero-order chi connectivity index (χ0) is 14.8. The topological polar surface area (TPSA) is 41.6 Å². The van der Waals surface area contributed by atoms with Crippen LogP contribution in [0.15, 0.2) is 30.3 Å². The van der Waals surface area contributed by atoms with Crippen LogP contribution in [0.2, 0.25) is 0 Å². The van der Waals surface area contributed by atoms with Crippen molar-refractivity contribution in [1.29, 1.82) is 0 Å². The average Bonchev–Trinajstić information content (AvgIpc) is 3.02. The standard InChI is InChI=1S/C17H24N2O2/c1-12-11-21-16(14-6-4-3-5-7-14)13(2)19(12)17(20)15-8-9-18-10-15/h3-7,12-13,15-16,18H,8-11H2,1-2H3/t12-,13+,15-,16+/m1/s1. The second-order valence-electron chi connectivity index (χ2n) is 6.19. The number of nitrogens with one attached hydrogen (secondary N) is 1. The third kappa shape index (κ3) is 2.83. The number of morpholine rings is 1. The van der Waals surface area contributed by atoms with Crippen LogP contribution < -0.4 is 5.32 Å². The summed E-state index contributed by atoms with van der Waals surface area (Å²) in [5, 5.41) is 3.29. The Balaban J connectivity index is 1.80. The molecule has 2 fully saturated rings. The van der Waals surface area contributed by atoms with Crippen LogP contribution in [0, 0.1) is 5.92 Å².